The number of hydrogen-bond donors (Lipinski definition) is 1. The number of phenolic OH excluding ortho intramolecular Hbond substituents is 1. The maximum atomic E-state index is 9.22. The molecule has 0 spiro atoms. The van der Waals surface area contributed by atoms with Gasteiger partial charge >= 0.3 is 0 Å². The van der Waals surface area contributed by atoms with E-state index >= 15 is 0 Å². The van der Waals surface area contributed by atoms with Crippen molar-refractivity contribution in [2.24, 2.45) is 0 Å². The maximum Gasteiger partial charge on any atom is 0.115 e. The van der Waals surface area contributed by atoms with Crippen LogP contribution in [0.5, 0.6) is 5.75 Å². The van der Waals surface area contributed by atoms with Crippen LogP contribution in [0.2, 0.25) is 0 Å². The quantitative estimate of drug-likeness (QED) is 0.757. The van der Waals surface area contributed by atoms with Gasteiger partial charge < -0.3 is 5.11 Å². The Morgan fingerprint density at radius 2 is 1.16 bits per heavy atom. The molecule has 0 aliphatic rings. The van der Waals surface area contributed by atoms with E-state index in [1.807, 2.05) is 18.2 Å². The molecule has 0 heterocycles. The second-order valence-corrected chi connectivity index (χ2v) is 5.80. The molecule has 19 heavy (non-hydrogen) atoms. The van der Waals surface area contributed by atoms with E-state index in [-0.39, 0.29) is 5.41 Å². The van der Waals surface area contributed by atoms with Crippen molar-refractivity contribution in [2.75, 3.05) is 0 Å². The lowest BCUT2D eigenvalue weighted by atomic mass is 9.87. The molecule has 1 N–H and O–H groups in total. The highest BCUT2D eigenvalue weighted by atomic mass is 16.3. The van der Waals surface area contributed by atoms with Gasteiger partial charge in [-0.15, -0.1) is 0 Å². The molecule has 98 valence electrons. The molecule has 2 rings (SSSR count). The maximum absolute atomic E-state index is 9.22. The van der Waals surface area contributed by atoms with Crippen LogP contribution in [0.1, 0.15) is 37.5 Å². The lowest BCUT2D eigenvalue weighted by molar-refractivity contribution is 0.475. The molecular formula is C18H20O. The molecular weight excluding hydrogens is 232 g/mol. The van der Waals surface area contributed by atoms with E-state index in [1.165, 1.54) is 11.1 Å². The Morgan fingerprint density at radius 3 is 1.58 bits per heavy atom. The van der Waals surface area contributed by atoms with Crippen LogP contribution in [-0.4, -0.2) is 5.11 Å². The van der Waals surface area contributed by atoms with Crippen LogP contribution < -0.4 is 0 Å². The summed E-state index contributed by atoms with van der Waals surface area (Å²) in [6, 6.07) is 15.8. The third kappa shape index (κ3) is 3.72. The zero-order valence-corrected chi connectivity index (χ0v) is 11.7. The molecule has 0 bridgehead atoms. The van der Waals surface area contributed by atoms with Crippen LogP contribution in [0.15, 0.2) is 48.5 Å². The Balaban J connectivity index is 2.13. The van der Waals surface area contributed by atoms with E-state index in [2.05, 4.69) is 51.1 Å². The smallest absolute Gasteiger partial charge is 0.115 e. The van der Waals surface area contributed by atoms with Crippen LogP contribution in [0, 0.1) is 0 Å². The number of phenols is 1. The predicted octanol–water partition coefficient (Wildman–Crippen LogP) is 4.86. The zero-order valence-electron chi connectivity index (χ0n) is 11.7. The first-order valence-corrected chi connectivity index (χ1v) is 6.53. The molecule has 0 fully saturated rings. The highest BCUT2D eigenvalue weighted by molar-refractivity contribution is 5.69. The Labute approximate surface area is 115 Å². The average Bonchev–Trinajstić information content (AvgIpc) is 2.37. The normalized spacial score (nSPS) is 11.9. The van der Waals surface area contributed by atoms with Crippen molar-refractivity contribution < 1.29 is 5.11 Å². The Hall–Kier alpha value is -2.02. The second-order valence-electron chi connectivity index (χ2n) is 5.80. The molecule has 1 heteroatoms. The van der Waals surface area contributed by atoms with Gasteiger partial charge in [-0.3, -0.25) is 0 Å². The van der Waals surface area contributed by atoms with Crippen LogP contribution >= 0.6 is 0 Å². The van der Waals surface area contributed by atoms with E-state index in [9.17, 15) is 5.11 Å². The molecule has 0 aliphatic heterocycles. The number of aromatic hydroxyl groups is 1. The van der Waals surface area contributed by atoms with Gasteiger partial charge in [-0.2, -0.15) is 0 Å². The van der Waals surface area contributed by atoms with Crippen molar-refractivity contribution in [1.29, 1.82) is 0 Å². The minimum absolute atomic E-state index is 0.194. The van der Waals surface area contributed by atoms with Gasteiger partial charge in [0.05, 0.1) is 0 Å². The number of benzene rings is 2. The van der Waals surface area contributed by atoms with E-state index in [4.69, 9.17) is 0 Å². The van der Waals surface area contributed by atoms with E-state index in [1.54, 1.807) is 12.1 Å². The van der Waals surface area contributed by atoms with Crippen molar-refractivity contribution >= 4 is 12.2 Å². The SMILES string of the molecule is CC(C)(C)c1ccc(/C=C/c2ccc(O)cc2)cc1. The van der Waals surface area contributed by atoms with E-state index in [0.717, 1.165) is 5.56 Å². The van der Waals surface area contributed by atoms with Crippen LogP contribution in [0.3, 0.4) is 0 Å². The van der Waals surface area contributed by atoms with Gasteiger partial charge in [0, 0.05) is 0 Å². The molecule has 2 aromatic rings. The largest absolute Gasteiger partial charge is 0.508 e. The van der Waals surface area contributed by atoms with Crippen LogP contribution in [0.4, 0.5) is 0 Å². The minimum atomic E-state index is 0.194. The van der Waals surface area contributed by atoms with Gasteiger partial charge in [-0.25, -0.2) is 0 Å². The molecule has 0 amide bonds. The summed E-state index contributed by atoms with van der Waals surface area (Å²) < 4.78 is 0. The molecule has 1 nitrogen and oxygen atoms in total. The molecule has 0 aromatic heterocycles. The molecule has 0 saturated heterocycles. The molecule has 0 radical (unpaired) electrons. The van der Waals surface area contributed by atoms with Crippen molar-refractivity contribution in [2.45, 2.75) is 26.2 Å². The Bertz CT molecular complexity index is 554. The average molecular weight is 252 g/mol. The fourth-order valence-corrected chi connectivity index (χ4v) is 1.87. The van der Waals surface area contributed by atoms with Gasteiger partial charge in [0.1, 0.15) is 5.75 Å². The summed E-state index contributed by atoms with van der Waals surface area (Å²) in [7, 11) is 0. The van der Waals surface area contributed by atoms with Gasteiger partial charge in [0.25, 0.3) is 0 Å². The minimum Gasteiger partial charge on any atom is -0.508 e. The Kier molecular flexibility index (Phi) is 3.75. The first-order valence-electron chi connectivity index (χ1n) is 6.53. The van der Waals surface area contributed by atoms with Crippen LogP contribution in [0.25, 0.3) is 12.2 Å². The van der Waals surface area contributed by atoms with Crippen LogP contribution in [-0.2, 0) is 5.41 Å². The topological polar surface area (TPSA) is 20.2 Å². The first-order chi connectivity index (χ1) is 8.95. The lowest BCUT2D eigenvalue weighted by Crippen LogP contribution is -2.10. The molecule has 0 unspecified atom stereocenters. The monoisotopic (exact) mass is 252 g/mol. The standard InChI is InChI=1S/C18H20O/c1-18(2,3)16-10-6-14(7-11-16)4-5-15-8-12-17(19)13-9-15/h4-13,19H,1-3H3/b5-4+. The summed E-state index contributed by atoms with van der Waals surface area (Å²) >= 11 is 0. The molecule has 0 atom stereocenters. The summed E-state index contributed by atoms with van der Waals surface area (Å²) in [6.45, 7) is 6.65. The lowest BCUT2D eigenvalue weighted by Gasteiger charge is -2.18. The highest BCUT2D eigenvalue weighted by Gasteiger charge is 2.12. The summed E-state index contributed by atoms with van der Waals surface area (Å²) in [4.78, 5) is 0. The summed E-state index contributed by atoms with van der Waals surface area (Å²) in [5, 5.41) is 9.22. The third-order valence-corrected chi connectivity index (χ3v) is 3.14. The Morgan fingerprint density at radius 1 is 0.737 bits per heavy atom. The molecule has 2 aromatic carbocycles. The van der Waals surface area contributed by atoms with Crippen molar-refractivity contribution in [3.05, 3.63) is 65.2 Å². The predicted molar refractivity (Wildman–Crippen MR) is 82.2 cm³/mol. The van der Waals surface area contributed by atoms with Gasteiger partial charge in [-0.1, -0.05) is 69.3 Å². The van der Waals surface area contributed by atoms with E-state index in [0.29, 0.717) is 5.75 Å². The molecule has 0 saturated carbocycles. The number of rotatable bonds is 2. The van der Waals surface area contributed by atoms with Crippen molar-refractivity contribution in [3.8, 4) is 5.75 Å². The third-order valence-electron chi connectivity index (χ3n) is 3.14. The van der Waals surface area contributed by atoms with Gasteiger partial charge in [0.2, 0.25) is 0 Å². The van der Waals surface area contributed by atoms with Gasteiger partial charge in [-0.05, 0) is 34.2 Å². The second kappa shape index (κ2) is 5.31. The zero-order chi connectivity index (χ0) is 13.9. The summed E-state index contributed by atoms with van der Waals surface area (Å²) in [6.07, 6.45) is 4.13. The molecule has 0 aliphatic carbocycles. The first kappa shape index (κ1) is 13.4. The van der Waals surface area contributed by atoms with Crippen molar-refractivity contribution in [1.82, 2.24) is 0 Å². The van der Waals surface area contributed by atoms with E-state index < -0.39 is 0 Å². The fourth-order valence-electron chi connectivity index (χ4n) is 1.87. The highest BCUT2D eigenvalue weighted by Crippen LogP contribution is 2.22. The fraction of sp³-hybridized carbons (Fsp3) is 0.222. The number of hydrogen-bond acceptors (Lipinski definition) is 1. The summed E-state index contributed by atoms with van der Waals surface area (Å²) in [5.74, 6) is 0.298. The van der Waals surface area contributed by atoms with Crippen molar-refractivity contribution in [3.63, 3.8) is 0 Å². The summed E-state index contributed by atoms with van der Waals surface area (Å²) in [5.41, 5.74) is 3.80. The van der Waals surface area contributed by atoms with Gasteiger partial charge in [0.15, 0.2) is 0 Å².